The number of benzene rings is 1. The van der Waals surface area contributed by atoms with Crippen molar-refractivity contribution in [2.45, 2.75) is 48.4 Å². The van der Waals surface area contributed by atoms with Crippen LogP contribution in [-0.2, 0) is 19.9 Å². The predicted molar refractivity (Wildman–Crippen MR) is 86.3 cm³/mol. The fourth-order valence-corrected chi connectivity index (χ4v) is 5.13. The van der Waals surface area contributed by atoms with Crippen molar-refractivity contribution in [3.63, 3.8) is 0 Å². The molecule has 0 saturated heterocycles. The Morgan fingerprint density at radius 2 is 1.68 bits per heavy atom. The van der Waals surface area contributed by atoms with Crippen molar-refractivity contribution < 1.29 is 16.8 Å². The minimum absolute atomic E-state index is 0.0177. The first-order chi connectivity index (χ1) is 10.1. The topological polar surface area (TPSA) is 80.3 Å². The van der Waals surface area contributed by atoms with E-state index in [1.54, 1.807) is 0 Å². The predicted octanol–water partition coefficient (Wildman–Crippen LogP) is 2.60. The van der Waals surface area contributed by atoms with Crippen LogP contribution in [0, 0.1) is 5.92 Å². The first kappa shape index (κ1) is 17.7. The van der Waals surface area contributed by atoms with Crippen LogP contribution in [0.3, 0.4) is 0 Å². The van der Waals surface area contributed by atoms with Crippen LogP contribution in [0.2, 0.25) is 5.02 Å². The molecule has 1 aliphatic rings. The fraction of sp³-hybridized carbons (Fsp3) is 0.571. The molecule has 0 aliphatic heterocycles. The van der Waals surface area contributed by atoms with E-state index in [9.17, 15) is 16.8 Å². The van der Waals surface area contributed by atoms with Gasteiger partial charge in [-0.1, -0.05) is 18.5 Å². The molecule has 0 radical (unpaired) electrons. The summed E-state index contributed by atoms with van der Waals surface area (Å²) in [5, 5.41) is 0.0177. The zero-order valence-electron chi connectivity index (χ0n) is 12.5. The number of hydrogen-bond donors (Lipinski definition) is 1. The van der Waals surface area contributed by atoms with Crippen molar-refractivity contribution >= 4 is 31.5 Å². The summed E-state index contributed by atoms with van der Waals surface area (Å²) in [6.07, 6.45) is 4.55. The molecule has 5 nitrogen and oxygen atoms in total. The van der Waals surface area contributed by atoms with E-state index in [1.807, 2.05) is 0 Å². The van der Waals surface area contributed by atoms with Gasteiger partial charge < -0.3 is 0 Å². The number of rotatable bonds is 4. The monoisotopic (exact) mass is 365 g/mol. The number of sulfone groups is 1. The van der Waals surface area contributed by atoms with E-state index in [-0.39, 0.29) is 20.9 Å². The quantitative estimate of drug-likeness (QED) is 0.889. The molecule has 22 heavy (non-hydrogen) atoms. The van der Waals surface area contributed by atoms with Crippen LogP contribution in [0.1, 0.15) is 32.6 Å². The van der Waals surface area contributed by atoms with Gasteiger partial charge in [-0.25, -0.2) is 21.6 Å². The number of sulfonamides is 1. The van der Waals surface area contributed by atoms with Gasteiger partial charge >= 0.3 is 0 Å². The van der Waals surface area contributed by atoms with Gasteiger partial charge in [0.2, 0.25) is 10.0 Å². The molecule has 0 heterocycles. The third-order valence-electron chi connectivity index (χ3n) is 3.96. The van der Waals surface area contributed by atoms with Crippen LogP contribution in [-0.4, -0.2) is 29.1 Å². The van der Waals surface area contributed by atoms with Crippen LogP contribution in [0.5, 0.6) is 0 Å². The normalized spacial score (nSPS) is 23.4. The molecule has 0 amide bonds. The second kappa shape index (κ2) is 6.47. The smallest absolute Gasteiger partial charge is 0.224 e. The first-order valence-electron chi connectivity index (χ1n) is 7.11. The van der Waals surface area contributed by atoms with E-state index >= 15 is 0 Å². The van der Waals surface area contributed by atoms with Gasteiger partial charge in [-0.2, -0.15) is 0 Å². The average Bonchev–Trinajstić information content (AvgIpc) is 2.40. The second-order valence-corrected chi connectivity index (χ2v) is 10.0. The number of halogens is 1. The molecule has 1 aromatic carbocycles. The maximum absolute atomic E-state index is 12.5. The highest BCUT2D eigenvalue weighted by Crippen LogP contribution is 2.28. The van der Waals surface area contributed by atoms with Crippen molar-refractivity contribution in [2.24, 2.45) is 5.92 Å². The van der Waals surface area contributed by atoms with Crippen molar-refractivity contribution in [1.82, 2.24) is 4.72 Å². The Kier molecular flexibility index (Phi) is 5.21. The van der Waals surface area contributed by atoms with Crippen LogP contribution in [0.4, 0.5) is 0 Å². The van der Waals surface area contributed by atoms with E-state index in [0.29, 0.717) is 5.92 Å². The van der Waals surface area contributed by atoms with E-state index in [1.165, 1.54) is 12.1 Å². The van der Waals surface area contributed by atoms with E-state index in [0.717, 1.165) is 38.0 Å². The van der Waals surface area contributed by atoms with Gasteiger partial charge in [0.25, 0.3) is 0 Å². The summed E-state index contributed by atoms with van der Waals surface area (Å²) < 4.78 is 50.8. The lowest BCUT2D eigenvalue weighted by atomic mass is 9.88. The molecule has 1 saturated carbocycles. The molecule has 124 valence electrons. The van der Waals surface area contributed by atoms with Gasteiger partial charge in [0.05, 0.1) is 9.92 Å². The Morgan fingerprint density at radius 1 is 1.09 bits per heavy atom. The fourth-order valence-electron chi connectivity index (χ4n) is 2.58. The van der Waals surface area contributed by atoms with Crippen molar-refractivity contribution in [3.05, 3.63) is 23.2 Å². The molecule has 0 bridgehead atoms. The Balaban J connectivity index is 2.29. The third-order valence-corrected chi connectivity index (χ3v) is 7.07. The molecule has 0 atom stereocenters. The molecular formula is C14H20ClNO4S2. The highest BCUT2D eigenvalue weighted by atomic mass is 35.5. The maximum Gasteiger partial charge on any atom is 0.242 e. The van der Waals surface area contributed by atoms with Crippen LogP contribution in [0.15, 0.2) is 28.0 Å². The molecule has 1 aliphatic carbocycles. The van der Waals surface area contributed by atoms with E-state index in [4.69, 9.17) is 11.6 Å². The van der Waals surface area contributed by atoms with Crippen molar-refractivity contribution in [2.75, 3.05) is 6.26 Å². The van der Waals surface area contributed by atoms with Gasteiger partial charge in [0.15, 0.2) is 9.84 Å². The molecular weight excluding hydrogens is 346 g/mol. The lowest BCUT2D eigenvalue weighted by Gasteiger charge is -2.26. The van der Waals surface area contributed by atoms with Crippen molar-refractivity contribution in [1.29, 1.82) is 0 Å². The van der Waals surface area contributed by atoms with Gasteiger partial charge in [0, 0.05) is 12.3 Å². The summed E-state index contributed by atoms with van der Waals surface area (Å²) >= 11 is 5.96. The zero-order chi connectivity index (χ0) is 16.5. The third kappa shape index (κ3) is 4.22. The summed E-state index contributed by atoms with van der Waals surface area (Å²) in [4.78, 5) is -0.245. The molecule has 1 fully saturated rings. The minimum Gasteiger partial charge on any atom is -0.224 e. The standard InChI is InChI=1S/C14H20ClNO4S2/c1-10-3-5-11(6-4-10)16-22(19,20)14-9-12(21(2,17)18)7-8-13(14)15/h7-11,16H,3-6H2,1-2H3. The van der Waals surface area contributed by atoms with Crippen LogP contribution < -0.4 is 4.72 Å². The highest BCUT2D eigenvalue weighted by Gasteiger charge is 2.26. The molecule has 0 spiro atoms. The Morgan fingerprint density at radius 3 is 2.23 bits per heavy atom. The largest absolute Gasteiger partial charge is 0.242 e. The SMILES string of the molecule is CC1CCC(NS(=O)(=O)c2cc(S(C)(=O)=O)ccc2Cl)CC1. The maximum atomic E-state index is 12.5. The Hall–Kier alpha value is -0.630. The summed E-state index contributed by atoms with van der Waals surface area (Å²) in [6, 6.07) is 3.60. The van der Waals surface area contributed by atoms with Crippen molar-refractivity contribution in [3.8, 4) is 0 Å². The Labute approximate surface area is 137 Å². The number of nitrogens with one attached hydrogen (secondary N) is 1. The lowest BCUT2D eigenvalue weighted by Crippen LogP contribution is -2.37. The molecule has 8 heteroatoms. The van der Waals surface area contributed by atoms with Gasteiger partial charge in [-0.15, -0.1) is 0 Å². The van der Waals surface area contributed by atoms with Crippen LogP contribution >= 0.6 is 11.6 Å². The minimum atomic E-state index is -3.84. The van der Waals surface area contributed by atoms with E-state index < -0.39 is 19.9 Å². The molecule has 1 N–H and O–H groups in total. The summed E-state index contributed by atoms with van der Waals surface area (Å²) in [6.45, 7) is 2.15. The van der Waals surface area contributed by atoms with Gasteiger partial charge in [-0.05, 0) is 49.8 Å². The van der Waals surface area contributed by atoms with Gasteiger partial charge in [-0.3, -0.25) is 0 Å². The first-order valence-corrected chi connectivity index (χ1v) is 10.9. The average molecular weight is 366 g/mol. The molecule has 0 aromatic heterocycles. The molecule has 1 aromatic rings. The highest BCUT2D eigenvalue weighted by molar-refractivity contribution is 7.91. The molecule has 2 rings (SSSR count). The summed E-state index contributed by atoms with van der Waals surface area (Å²) in [5.74, 6) is 0.609. The van der Waals surface area contributed by atoms with Gasteiger partial charge in [0.1, 0.15) is 4.90 Å². The second-order valence-electron chi connectivity index (χ2n) is 5.94. The lowest BCUT2D eigenvalue weighted by molar-refractivity contribution is 0.332. The molecule has 0 unspecified atom stereocenters. The zero-order valence-corrected chi connectivity index (χ0v) is 14.9. The number of hydrogen-bond acceptors (Lipinski definition) is 4. The van der Waals surface area contributed by atoms with Crippen LogP contribution in [0.25, 0.3) is 0 Å². The summed E-state index contributed by atoms with van der Waals surface area (Å²) in [5.41, 5.74) is 0. The van der Waals surface area contributed by atoms with E-state index in [2.05, 4.69) is 11.6 Å². The Bertz CT molecular complexity index is 751. The summed E-state index contributed by atoms with van der Waals surface area (Å²) in [7, 11) is -7.33.